The van der Waals surface area contributed by atoms with Gasteiger partial charge in [0.1, 0.15) is 4.88 Å². The minimum Gasteiger partial charge on any atom is -0.395 e. The molecule has 1 atom stereocenters. The number of carbonyl (C=O) groups is 1. The summed E-state index contributed by atoms with van der Waals surface area (Å²) >= 11 is 1.47. The third kappa shape index (κ3) is 4.09. The Morgan fingerprint density at radius 3 is 3.10 bits per heavy atom. The van der Waals surface area contributed by atoms with Crippen LogP contribution in [0, 0.1) is 11.8 Å². The van der Waals surface area contributed by atoms with Crippen molar-refractivity contribution in [1.82, 2.24) is 4.90 Å². The van der Waals surface area contributed by atoms with Gasteiger partial charge >= 0.3 is 0 Å². The third-order valence-electron chi connectivity index (χ3n) is 3.93. The van der Waals surface area contributed by atoms with Gasteiger partial charge in [0.2, 0.25) is 0 Å². The monoisotopic (exact) mass is 305 g/mol. The highest BCUT2D eigenvalue weighted by molar-refractivity contribution is 7.12. The van der Waals surface area contributed by atoms with Crippen LogP contribution < -0.4 is 0 Å². The summed E-state index contributed by atoms with van der Waals surface area (Å²) in [4.78, 5) is 15.7. The van der Waals surface area contributed by atoms with Gasteiger partial charge in [0, 0.05) is 24.6 Å². The molecule has 114 valence electrons. The minimum absolute atomic E-state index is 0.0600. The molecule has 0 aromatic carbocycles. The van der Waals surface area contributed by atoms with Gasteiger partial charge in [-0.2, -0.15) is 0 Å². The number of likely N-dealkylation sites (tertiary alicyclic amines) is 1. The van der Waals surface area contributed by atoms with Crippen LogP contribution in [0.1, 0.15) is 60.7 Å². The van der Waals surface area contributed by atoms with Gasteiger partial charge in [-0.25, -0.2) is 0 Å². The number of thiophene rings is 1. The van der Waals surface area contributed by atoms with Crippen molar-refractivity contribution in [1.29, 1.82) is 0 Å². The predicted molar refractivity (Wildman–Crippen MR) is 86.5 cm³/mol. The van der Waals surface area contributed by atoms with E-state index >= 15 is 0 Å². The molecule has 4 heteroatoms. The average molecular weight is 305 g/mol. The van der Waals surface area contributed by atoms with E-state index in [2.05, 4.69) is 23.7 Å². The van der Waals surface area contributed by atoms with Crippen molar-refractivity contribution in [2.45, 2.75) is 51.5 Å². The Balaban J connectivity index is 2.19. The second-order valence-electron chi connectivity index (χ2n) is 5.35. The maximum atomic E-state index is 12.9. The van der Waals surface area contributed by atoms with Crippen molar-refractivity contribution in [3.8, 4) is 11.8 Å². The fraction of sp³-hybridized carbons (Fsp3) is 0.588. The Hall–Kier alpha value is -1.31. The van der Waals surface area contributed by atoms with Crippen LogP contribution >= 0.6 is 11.3 Å². The molecule has 1 saturated heterocycles. The summed E-state index contributed by atoms with van der Waals surface area (Å²) in [6.45, 7) is 3.08. The Labute approximate surface area is 131 Å². The summed E-state index contributed by atoms with van der Waals surface area (Å²) in [5.74, 6) is 6.06. The Bertz CT molecular complexity index is 526. The van der Waals surface area contributed by atoms with E-state index in [1.807, 2.05) is 11.4 Å². The van der Waals surface area contributed by atoms with Gasteiger partial charge in [-0.15, -0.1) is 11.3 Å². The largest absolute Gasteiger partial charge is 0.395 e. The van der Waals surface area contributed by atoms with Crippen LogP contribution in [0.4, 0.5) is 0 Å². The first-order chi connectivity index (χ1) is 10.3. The number of hydrogen-bond acceptors (Lipinski definition) is 3. The van der Waals surface area contributed by atoms with Crippen LogP contribution in [0.5, 0.6) is 0 Å². The van der Waals surface area contributed by atoms with Crippen molar-refractivity contribution in [3.63, 3.8) is 0 Å². The molecule has 1 aliphatic heterocycles. The van der Waals surface area contributed by atoms with Crippen molar-refractivity contribution in [3.05, 3.63) is 21.9 Å². The van der Waals surface area contributed by atoms with E-state index in [-0.39, 0.29) is 12.5 Å². The first-order valence-corrected chi connectivity index (χ1v) is 8.64. The molecule has 1 N–H and O–H groups in total. The lowest BCUT2D eigenvalue weighted by molar-refractivity contribution is 0.0683. The minimum atomic E-state index is 0.0600. The van der Waals surface area contributed by atoms with Gasteiger partial charge in [-0.1, -0.05) is 31.6 Å². The van der Waals surface area contributed by atoms with E-state index < -0.39 is 0 Å². The van der Waals surface area contributed by atoms with Gasteiger partial charge in [0.25, 0.3) is 5.91 Å². The van der Waals surface area contributed by atoms with E-state index in [0.29, 0.717) is 12.5 Å². The van der Waals surface area contributed by atoms with E-state index in [4.69, 9.17) is 5.11 Å². The van der Waals surface area contributed by atoms with E-state index in [0.717, 1.165) is 36.2 Å². The lowest BCUT2D eigenvalue weighted by atomic mass is 10.1. The van der Waals surface area contributed by atoms with Gasteiger partial charge < -0.3 is 10.0 Å². The molecule has 0 bridgehead atoms. The number of rotatable bonds is 3. The van der Waals surface area contributed by atoms with Crippen LogP contribution in [0.2, 0.25) is 0 Å². The van der Waals surface area contributed by atoms with Crippen LogP contribution in [0.25, 0.3) is 0 Å². The number of aliphatic hydroxyl groups is 1. The Morgan fingerprint density at radius 2 is 2.33 bits per heavy atom. The standard InChI is InChI=1S/C17H23NO2S/c1-2-15-9-4-3-6-11-18(15)17(20)16-14(10-13-21-16)8-5-7-12-19/h10,13,15,19H,2-4,6-7,9,11-12H2,1H3. The topological polar surface area (TPSA) is 40.5 Å². The highest BCUT2D eigenvalue weighted by Gasteiger charge is 2.26. The summed E-state index contributed by atoms with van der Waals surface area (Å²) in [5, 5.41) is 10.7. The summed E-state index contributed by atoms with van der Waals surface area (Å²) in [6, 6.07) is 2.27. The zero-order valence-electron chi connectivity index (χ0n) is 12.6. The molecule has 1 aromatic heterocycles. The Kier molecular flexibility index (Phi) is 6.28. The third-order valence-corrected chi connectivity index (χ3v) is 4.83. The number of nitrogens with zero attached hydrogens (tertiary/aromatic N) is 1. The molecular weight excluding hydrogens is 282 g/mol. The first-order valence-electron chi connectivity index (χ1n) is 7.76. The van der Waals surface area contributed by atoms with Crippen molar-refractivity contribution in [2.75, 3.05) is 13.2 Å². The lowest BCUT2D eigenvalue weighted by Crippen LogP contribution is -2.39. The highest BCUT2D eigenvalue weighted by Crippen LogP contribution is 2.25. The summed E-state index contributed by atoms with van der Waals surface area (Å²) < 4.78 is 0. The number of amides is 1. The molecule has 1 aliphatic rings. The predicted octanol–water partition coefficient (Wildman–Crippen LogP) is 3.28. The molecule has 0 spiro atoms. The molecule has 2 rings (SSSR count). The average Bonchev–Trinajstić information content (AvgIpc) is 2.83. The van der Waals surface area contributed by atoms with Crippen LogP contribution in [0.3, 0.4) is 0 Å². The number of aliphatic hydroxyl groups excluding tert-OH is 1. The van der Waals surface area contributed by atoms with E-state index in [1.165, 1.54) is 24.2 Å². The van der Waals surface area contributed by atoms with Crippen LogP contribution in [-0.4, -0.2) is 35.1 Å². The molecule has 0 radical (unpaired) electrons. The summed E-state index contributed by atoms with van der Waals surface area (Å²) in [7, 11) is 0. The zero-order valence-corrected chi connectivity index (χ0v) is 13.4. The smallest absolute Gasteiger partial charge is 0.265 e. The second kappa shape index (κ2) is 8.21. The number of hydrogen-bond donors (Lipinski definition) is 1. The summed E-state index contributed by atoms with van der Waals surface area (Å²) in [6.07, 6.45) is 6.11. The molecule has 3 nitrogen and oxygen atoms in total. The molecular formula is C17H23NO2S. The first kappa shape index (κ1) is 16.1. The molecule has 1 unspecified atom stereocenters. The van der Waals surface area contributed by atoms with E-state index in [1.54, 1.807) is 0 Å². The highest BCUT2D eigenvalue weighted by atomic mass is 32.1. The second-order valence-corrected chi connectivity index (χ2v) is 6.26. The van der Waals surface area contributed by atoms with Gasteiger partial charge in [0.05, 0.1) is 6.61 Å². The molecule has 21 heavy (non-hydrogen) atoms. The molecule has 1 aromatic rings. The molecule has 2 heterocycles. The Morgan fingerprint density at radius 1 is 1.48 bits per heavy atom. The van der Waals surface area contributed by atoms with Gasteiger partial charge in [0.15, 0.2) is 0 Å². The summed E-state index contributed by atoms with van der Waals surface area (Å²) in [5.41, 5.74) is 0.803. The van der Waals surface area contributed by atoms with Crippen molar-refractivity contribution in [2.24, 2.45) is 0 Å². The molecule has 1 fully saturated rings. The van der Waals surface area contributed by atoms with Crippen molar-refractivity contribution >= 4 is 17.2 Å². The van der Waals surface area contributed by atoms with Gasteiger partial charge in [-0.05, 0) is 30.7 Å². The number of carbonyl (C=O) groups excluding carboxylic acids is 1. The molecule has 0 aliphatic carbocycles. The zero-order chi connectivity index (χ0) is 15.1. The fourth-order valence-corrected chi connectivity index (χ4v) is 3.59. The normalized spacial score (nSPS) is 18.8. The van der Waals surface area contributed by atoms with Gasteiger partial charge in [-0.3, -0.25) is 4.79 Å². The molecule has 0 saturated carbocycles. The SMILES string of the molecule is CCC1CCCCCN1C(=O)c1sccc1C#CCCO. The maximum absolute atomic E-state index is 12.9. The maximum Gasteiger partial charge on any atom is 0.265 e. The van der Waals surface area contributed by atoms with Crippen LogP contribution in [-0.2, 0) is 0 Å². The lowest BCUT2D eigenvalue weighted by Gasteiger charge is -2.29. The fourth-order valence-electron chi connectivity index (χ4n) is 2.79. The van der Waals surface area contributed by atoms with Crippen molar-refractivity contribution < 1.29 is 9.90 Å². The van der Waals surface area contributed by atoms with E-state index in [9.17, 15) is 4.79 Å². The molecule has 1 amide bonds. The van der Waals surface area contributed by atoms with Crippen LogP contribution in [0.15, 0.2) is 11.4 Å². The quantitative estimate of drug-likeness (QED) is 0.871.